The molecule has 0 unspecified atom stereocenters. The maximum atomic E-state index is 5.64. The van der Waals surface area contributed by atoms with E-state index in [1.807, 2.05) is 0 Å². The zero-order valence-electron chi connectivity index (χ0n) is 9.94. The lowest BCUT2D eigenvalue weighted by Crippen LogP contribution is -2.32. The van der Waals surface area contributed by atoms with Gasteiger partial charge in [0, 0.05) is 19.1 Å². The van der Waals surface area contributed by atoms with Gasteiger partial charge in [-0.15, -0.1) is 0 Å². The van der Waals surface area contributed by atoms with Crippen molar-refractivity contribution in [2.75, 3.05) is 19.6 Å². The number of benzene rings is 1. The fourth-order valence-corrected chi connectivity index (χ4v) is 2.21. The van der Waals surface area contributed by atoms with Crippen LogP contribution >= 0.6 is 0 Å². The molecule has 2 N–H and O–H groups in total. The average molecular weight is 218 g/mol. The van der Waals surface area contributed by atoms with E-state index in [1.54, 1.807) is 0 Å². The SMILES string of the molecule is NCCN(CCCc1ccccc1)C1CC1. The van der Waals surface area contributed by atoms with Gasteiger partial charge < -0.3 is 5.73 Å². The van der Waals surface area contributed by atoms with Crippen LogP contribution in [0.4, 0.5) is 0 Å². The van der Waals surface area contributed by atoms with E-state index in [0.717, 1.165) is 19.1 Å². The lowest BCUT2D eigenvalue weighted by Gasteiger charge is -2.20. The van der Waals surface area contributed by atoms with Crippen LogP contribution < -0.4 is 5.73 Å². The Hall–Kier alpha value is -0.860. The highest BCUT2D eigenvalue weighted by molar-refractivity contribution is 5.14. The Morgan fingerprint density at radius 1 is 1.12 bits per heavy atom. The molecule has 1 aliphatic carbocycles. The number of nitrogens with two attached hydrogens (primary N) is 1. The first-order valence-corrected chi connectivity index (χ1v) is 6.38. The molecule has 2 nitrogen and oxygen atoms in total. The topological polar surface area (TPSA) is 29.3 Å². The summed E-state index contributed by atoms with van der Waals surface area (Å²) in [6.07, 6.45) is 5.20. The molecule has 1 aromatic carbocycles. The second-order valence-corrected chi connectivity index (χ2v) is 4.64. The van der Waals surface area contributed by atoms with Crippen LogP contribution in [-0.4, -0.2) is 30.6 Å². The van der Waals surface area contributed by atoms with Crippen LogP contribution in [0.2, 0.25) is 0 Å². The molecule has 1 aromatic rings. The second kappa shape index (κ2) is 6.02. The third-order valence-corrected chi connectivity index (χ3v) is 3.23. The first kappa shape index (κ1) is 11.6. The van der Waals surface area contributed by atoms with Gasteiger partial charge in [0.2, 0.25) is 0 Å². The summed E-state index contributed by atoms with van der Waals surface area (Å²) in [5, 5.41) is 0. The van der Waals surface area contributed by atoms with Gasteiger partial charge in [0.1, 0.15) is 0 Å². The maximum Gasteiger partial charge on any atom is 0.0108 e. The van der Waals surface area contributed by atoms with Gasteiger partial charge in [-0.05, 0) is 37.8 Å². The molecule has 0 heterocycles. The summed E-state index contributed by atoms with van der Waals surface area (Å²) in [4.78, 5) is 2.56. The summed E-state index contributed by atoms with van der Waals surface area (Å²) in [6.45, 7) is 3.07. The molecule has 1 fully saturated rings. The van der Waals surface area contributed by atoms with E-state index in [2.05, 4.69) is 35.2 Å². The molecule has 2 heteroatoms. The molecule has 2 rings (SSSR count). The van der Waals surface area contributed by atoms with Crippen molar-refractivity contribution in [3.63, 3.8) is 0 Å². The molecule has 16 heavy (non-hydrogen) atoms. The van der Waals surface area contributed by atoms with E-state index in [9.17, 15) is 0 Å². The van der Waals surface area contributed by atoms with Crippen LogP contribution in [0, 0.1) is 0 Å². The predicted molar refractivity (Wildman–Crippen MR) is 68.4 cm³/mol. The molecule has 0 saturated heterocycles. The van der Waals surface area contributed by atoms with E-state index in [-0.39, 0.29) is 0 Å². The number of hydrogen-bond donors (Lipinski definition) is 1. The van der Waals surface area contributed by atoms with Crippen LogP contribution in [0.1, 0.15) is 24.8 Å². The minimum atomic E-state index is 0.793. The van der Waals surface area contributed by atoms with Gasteiger partial charge in [-0.2, -0.15) is 0 Å². The van der Waals surface area contributed by atoms with Crippen LogP contribution in [0.5, 0.6) is 0 Å². The van der Waals surface area contributed by atoms with Crippen molar-refractivity contribution in [1.82, 2.24) is 4.90 Å². The van der Waals surface area contributed by atoms with E-state index in [1.165, 1.54) is 37.8 Å². The monoisotopic (exact) mass is 218 g/mol. The first-order chi connectivity index (χ1) is 7.90. The molecule has 0 aliphatic heterocycles. The summed E-state index contributed by atoms with van der Waals surface area (Å²) in [6, 6.07) is 11.6. The van der Waals surface area contributed by atoms with Crippen LogP contribution in [0.25, 0.3) is 0 Å². The maximum absolute atomic E-state index is 5.64. The smallest absolute Gasteiger partial charge is 0.0108 e. The lowest BCUT2D eigenvalue weighted by atomic mass is 10.1. The quantitative estimate of drug-likeness (QED) is 0.759. The predicted octanol–water partition coefficient (Wildman–Crippen LogP) is 2.04. The third-order valence-electron chi connectivity index (χ3n) is 3.23. The van der Waals surface area contributed by atoms with E-state index < -0.39 is 0 Å². The number of aryl methyl sites for hydroxylation is 1. The van der Waals surface area contributed by atoms with Gasteiger partial charge in [-0.3, -0.25) is 4.90 Å². The molecule has 1 saturated carbocycles. The number of hydrogen-bond acceptors (Lipinski definition) is 2. The summed E-state index contributed by atoms with van der Waals surface area (Å²) < 4.78 is 0. The highest BCUT2D eigenvalue weighted by Crippen LogP contribution is 2.26. The Balaban J connectivity index is 1.70. The molecule has 0 atom stereocenters. The van der Waals surface area contributed by atoms with E-state index in [4.69, 9.17) is 5.73 Å². The molecule has 0 spiro atoms. The van der Waals surface area contributed by atoms with E-state index >= 15 is 0 Å². The highest BCUT2D eigenvalue weighted by atomic mass is 15.2. The van der Waals surface area contributed by atoms with Crippen molar-refractivity contribution in [3.05, 3.63) is 35.9 Å². The minimum Gasteiger partial charge on any atom is -0.329 e. The molecule has 1 aliphatic rings. The Kier molecular flexibility index (Phi) is 4.37. The van der Waals surface area contributed by atoms with Crippen molar-refractivity contribution >= 4 is 0 Å². The molecule has 0 aromatic heterocycles. The number of nitrogens with zero attached hydrogens (tertiary/aromatic N) is 1. The van der Waals surface area contributed by atoms with Crippen molar-refractivity contribution in [3.8, 4) is 0 Å². The number of rotatable bonds is 7. The summed E-state index contributed by atoms with van der Waals surface area (Å²) in [5.41, 5.74) is 7.09. The Morgan fingerprint density at radius 3 is 2.50 bits per heavy atom. The lowest BCUT2D eigenvalue weighted by molar-refractivity contribution is 0.267. The Labute approximate surface area is 98.4 Å². The molecule has 88 valence electrons. The highest BCUT2D eigenvalue weighted by Gasteiger charge is 2.27. The van der Waals surface area contributed by atoms with Gasteiger partial charge >= 0.3 is 0 Å². The molecule has 0 radical (unpaired) electrons. The first-order valence-electron chi connectivity index (χ1n) is 6.38. The van der Waals surface area contributed by atoms with Crippen LogP contribution in [0.15, 0.2) is 30.3 Å². The zero-order valence-corrected chi connectivity index (χ0v) is 9.94. The van der Waals surface area contributed by atoms with Gasteiger partial charge in [0.05, 0.1) is 0 Å². The average Bonchev–Trinajstić information content (AvgIpc) is 3.13. The third kappa shape index (κ3) is 3.62. The van der Waals surface area contributed by atoms with Gasteiger partial charge in [0.15, 0.2) is 0 Å². The van der Waals surface area contributed by atoms with Gasteiger partial charge in [-0.25, -0.2) is 0 Å². The Morgan fingerprint density at radius 2 is 1.88 bits per heavy atom. The van der Waals surface area contributed by atoms with Crippen molar-refractivity contribution < 1.29 is 0 Å². The molecular weight excluding hydrogens is 196 g/mol. The van der Waals surface area contributed by atoms with Crippen molar-refractivity contribution in [2.24, 2.45) is 5.73 Å². The zero-order chi connectivity index (χ0) is 11.2. The molecule has 0 bridgehead atoms. The Bertz CT molecular complexity index is 293. The largest absolute Gasteiger partial charge is 0.329 e. The summed E-state index contributed by atoms with van der Waals surface area (Å²) >= 11 is 0. The van der Waals surface area contributed by atoms with Crippen molar-refractivity contribution in [1.29, 1.82) is 0 Å². The van der Waals surface area contributed by atoms with E-state index in [0.29, 0.717) is 0 Å². The second-order valence-electron chi connectivity index (χ2n) is 4.64. The summed E-state index contributed by atoms with van der Waals surface area (Å²) in [7, 11) is 0. The fraction of sp³-hybridized carbons (Fsp3) is 0.571. The summed E-state index contributed by atoms with van der Waals surface area (Å²) in [5.74, 6) is 0. The fourth-order valence-electron chi connectivity index (χ4n) is 2.21. The standard InChI is InChI=1S/C14H22N2/c15-10-12-16(14-8-9-14)11-4-7-13-5-2-1-3-6-13/h1-3,5-6,14H,4,7-12,15H2. The molecular formula is C14H22N2. The molecule has 0 amide bonds. The van der Waals surface area contributed by atoms with Gasteiger partial charge in [-0.1, -0.05) is 30.3 Å². The van der Waals surface area contributed by atoms with Crippen molar-refractivity contribution in [2.45, 2.75) is 31.7 Å². The van der Waals surface area contributed by atoms with Gasteiger partial charge in [0.25, 0.3) is 0 Å². The normalized spacial score (nSPS) is 15.6. The van der Waals surface area contributed by atoms with Crippen LogP contribution in [0.3, 0.4) is 0 Å². The minimum absolute atomic E-state index is 0.793. The van der Waals surface area contributed by atoms with Crippen LogP contribution in [-0.2, 0) is 6.42 Å².